The van der Waals surface area contributed by atoms with Crippen molar-refractivity contribution in [1.29, 1.82) is 0 Å². The zero-order valence-corrected chi connectivity index (χ0v) is 59.5. The topological polar surface area (TPSA) is 0 Å². The zero-order valence-electron chi connectivity index (χ0n) is 59.5. The summed E-state index contributed by atoms with van der Waals surface area (Å²) in [5, 5.41) is 26.2. The van der Waals surface area contributed by atoms with Gasteiger partial charge in [-0.05, 0) is 273 Å². The van der Waals surface area contributed by atoms with E-state index in [1.54, 1.807) is 0 Å². The van der Waals surface area contributed by atoms with Crippen molar-refractivity contribution in [3.8, 4) is 100 Å². The fourth-order valence-corrected chi connectivity index (χ4v) is 19.5. The SMILES string of the molecule is CC1(C)c2cc(-c3cc4ccc5ccccc5c4c4ccccc34)ccc2-c2ccc(-c3ccc4c5c(cc6ccccc6c35)-c3ccccc3-4)cc21.CC1(C)c2cc(-c3ccc(-c4ccccc4)c4ccccc34)ccc2-c2ccc(-c3cc4ccc5ccccc5c4c4c3ccc3ccccc34)cc21. The predicted octanol–water partition coefficient (Wildman–Crippen LogP) is 29.5. The number of rotatable bonds is 5. The molecule has 0 radical (unpaired) electrons. The van der Waals surface area contributed by atoms with Gasteiger partial charge < -0.3 is 0 Å². The molecule has 0 heterocycles. The van der Waals surface area contributed by atoms with Gasteiger partial charge in [0.05, 0.1) is 0 Å². The Morgan fingerprint density at radius 2 is 0.472 bits per heavy atom. The van der Waals surface area contributed by atoms with Crippen LogP contribution < -0.4 is 0 Å². The Morgan fingerprint density at radius 3 is 1.01 bits per heavy atom. The van der Waals surface area contributed by atoms with Crippen LogP contribution in [0.4, 0.5) is 0 Å². The molecule has 0 heteroatoms. The molecule has 0 unspecified atom stereocenters. The van der Waals surface area contributed by atoms with Crippen molar-refractivity contribution in [3.63, 3.8) is 0 Å². The highest BCUT2D eigenvalue weighted by atomic mass is 14.4. The molecule has 23 rings (SSSR count). The average molecular weight is 1340 g/mol. The first kappa shape index (κ1) is 60.6. The molecule has 0 aromatic heterocycles. The lowest BCUT2D eigenvalue weighted by Gasteiger charge is -2.23. The second-order valence-electron chi connectivity index (χ2n) is 30.8. The molecule has 3 aliphatic carbocycles. The summed E-state index contributed by atoms with van der Waals surface area (Å²) in [4.78, 5) is 0. The van der Waals surface area contributed by atoms with Gasteiger partial charge in [-0.2, -0.15) is 0 Å². The molecule has 0 bridgehead atoms. The van der Waals surface area contributed by atoms with Gasteiger partial charge >= 0.3 is 0 Å². The van der Waals surface area contributed by atoms with Crippen molar-refractivity contribution in [3.05, 3.63) is 374 Å². The van der Waals surface area contributed by atoms with Gasteiger partial charge in [-0.25, -0.2) is 0 Å². The summed E-state index contributed by atoms with van der Waals surface area (Å²) in [6.45, 7) is 9.63. The quantitative estimate of drug-likeness (QED) is 0.151. The maximum Gasteiger partial charge on any atom is 0.0159 e. The van der Waals surface area contributed by atoms with Gasteiger partial charge in [0.15, 0.2) is 0 Å². The van der Waals surface area contributed by atoms with Gasteiger partial charge in [-0.1, -0.05) is 337 Å². The van der Waals surface area contributed by atoms with E-state index in [0.29, 0.717) is 0 Å². The van der Waals surface area contributed by atoms with Crippen molar-refractivity contribution < 1.29 is 0 Å². The average Bonchev–Trinajstić information content (AvgIpc) is 1.69. The van der Waals surface area contributed by atoms with E-state index in [1.807, 2.05) is 0 Å². The van der Waals surface area contributed by atoms with Crippen LogP contribution in [0.5, 0.6) is 0 Å². The van der Waals surface area contributed by atoms with Crippen LogP contribution in [0.15, 0.2) is 352 Å². The lowest BCUT2D eigenvalue weighted by Crippen LogP contribution is -2.15. The zero-order chi connectivity index (χ0) is 70.3. The second kappa shape index (κ2) is 22.7. The minimum absolute atomic E-state index is 0.160. The summed E-state index contributed by atoms with van der Waals surface area (Å²) in [5.74, 6) is 0. The molecule has 0 saturated heterocycles. The highest BCUT2D eigenvalue weighted by Gasteiger charge is 2.38. The molecule has 494 valence electrons. The van der Waals surface area contributed by atoms with E-state index in [1.165, 1.54) is 230 Å². The first-order valence-electron chi connectivity index (χ1n) is 37.4. The summed E-state index contributed by atoms with van der Waals surface area (Å²) >= 11 is 0. The molecule has 0 saturated carbocycles. The van der Waals surface area contributed by atoms with E-state index >= 15 is 0 Å². The molecule has 0 spiro atoms. The number of hydrogen-bond donors (Lipinski definition) is 0. The molecular formula is C106H70. The summed E-state index contributed by atoms with van der Waals surface area (Å²) in [7, 11) is 0. The molecule has 0 fully saturated rings. The highest BCUT2D eigenvalue weighted by molar-refractivity contribution is 6.31. The van der Waals surface area contributed by atoms with E-state index in [4.69, 9.17) is 0 Å². The molecular weight excluding hydrogens is 1270 g/mol. The molecule has 0 N–H and O–H groups in total. The fourth-order valence-electron chi connectivity index (χ4n) is 19.5. The molecule has 0 aliphatic heterocycles. The summed E-state index contributed by atoms with van der Waals surface area (Å²) < 4.78 is 0. The lowest BCUT2D eigenvalue weighted by molar-refractivity contribution is 0.660. The Bertz CT molecular complexity index is 7240. The van der Waals surface area contributed by atoms with Crippen molar-refractivity contribution in [1.82, 2.24) is 0 Å². The number of hydrogen-bond acceptors (Lipinski definition) is 0. The molecule has 106 heavy (non-hydrogen) atoms. The van der Waals surface area contributed by atoms with E-state index in [9.17, 15) is 0 Å². The Morgan fingerprint density at radius 1 is 0.142 bits per heavy atom. The Hall–Kier alpha value is -13.0. The smallest absolute Gasteiger partial charge is 0.0159 e. The van der Waals surface area contributed by atoms with Crippen molar-refractivity contribution in [2.24, 2.45) is 0 Å². The van der Waals surface area contributed by atoms with Crippen molar-refractivity contribution >= 4 is 108 Å². The Kier molecular flexibility index (Phi) is 13.0. The van der Waals surface area contributed by atoms with Gasteiger partial charge in [-0.15, -0.1) is 0 Å². The maximum atomic E-state index is 2.49. The van der Waals surface area contributed by atoms with Gasteiger partial charge in [0.25, 0.3) is 0 Å². The first-order valence-corrected chi connectivity index (χ1v) is 37.4. The summed E-state index contributed by atoms with van der Waals surface area (Å²) in [6.07, 6.45) is 0. The van der Waals surface area contributed by atoms with Crippen molar-refractivity contribution in [2.75, 3.05) is 0 Å². The third-order valence-electron chi connectivity index (χ3n) is 24.6. The summed E-state index contributed by atoms with van der Waals surface area (Å²) in [5.41, 5.74) is 28.7. The van der Waals surface area contributed by atoms with E-state index in [0.717, 1.165) is 0 Å². The van der Waals surface area contributed by atoms with Gasteiger partial charge in [0.1, 0.15) is 0 Å². The van der Waals surface area contributed by atoms with E-state index < -0.39 is 0 Å². The van der Waals surface area contributed by atoms with Crippen LogP contribution in [0.2, 0.25) is 0 Å². The predicted molar refractivity (Wildman–Crippen MR) is 455 cm³/mol. The molecule has 20 aromatic rings. The Labute approximate surface area is 616 Å². The number of benzene rings is 20. The van der Waals surface area contributed by atoms with Crippen LogP contribution in [0.25, 0.3) is 208 Å². The Balaban J connectivity index is 0.000000132. The molecule has 20 aromatic carbocycles. The summed E-state index contributed by atoms with van der Waals surface area (Å²) in [6, 6.07) is 132. The monoisotopic (exact) mass is 1340 g/mol. The third-order valence-corrected chi connectivity index (χ3v) is 24.6. The largest absolute Gasteiger partial charge is 0.0622 e. The highest BCUT2D eigenvalue weighted by Crippen LogP contribution is 2.57. The molecule has 3 aliphatic rings. The standard InChI is InChI=1S/C53H34.C53H36/c1-53(2)48-29-33(38-25-26-45-39-15-7-8-16-40(39)47-27-32-12-4-6-14-37(32)51(38)52(45)47)21-23-42(48)43-24-22-34(30-49(43)53)46-28-35-20-19-31-11-3-5-13-36(31)50(35)44-18-10-9-17-41(44)46;1-53(2)49-31-36(40-29-28-39(33-12-4-3-5-13-33)43-18-10-11-19-44(40)43)23-25-45(49)46-26-24-37(32-50(46)53)48-30-38-21-20-34-14-6-8-16-41(34)51(38)52-42-17-9-7-15-35(42)22-27-47(48)52/h3-30H,1-2H3;3-32H,1-2H3. The minimum Gasteiger partial charge on any atom is -0.0622 e. The third kappa shape index (κ3) is 8.83. The van der Waals surface area contributed by atoms with Crippen LogP contribution in [-0.2, 0) is 10.8 Å². The van der Waals surface area contributed by atoms with E-state index in [-0.39, 0.29) is 10.8 Å². The van der Waals surface area contributed by atoms with Crippen LogP contribution in [0.1, 0.15) is 49.9 Å². The minimum atomic E-state index is -0.161. The van der Waals surface area contributed by atoms with Crippen LogP contribution in [0.3, 0.4) is 0 Å². The van der Waals surface area contributed by atoms with Crippen LogP contribution in [0, 0.1) is 0 Å². The van der Waals surface area contributed by atoms with Crippen LogP contribution in [-0.4, -0.2) is 0 Å². The van der Waals surface area contributed by atoms with E-state index in [2.05, 4.69) is 380 Å². The lowest BCUT2D eigenvalue weighted by atomic mass is 9.80. The molecule has 0 nitrogen and oxygen atoms in total. The fraction of sp³-hybridized carbons (Fsp3) is 0.0566. The second-order valence-corrected chi connectivity index (χ2v) is 30.8. The van der Waals surface area contributed by atoms with Crippen LogP contribution >= 0.6 is 0 Å². The molecule has 0 amide bonds. The van der Waals surface area contributed by atoms with Crippen molar-refractivity contribution in [2.45, 2.75) is 38.5 Å². The van der Waals surface area contributed by atoms with Gasteiger partial charge in [-0.3, -0.25) is 0 Å². The van der Waals surface area contributed by atoms with Gasteiger partial charge in [0.2, 0.25) is 0 Å². The number of fused-ring (bicyclic) bond motifs is 24. The first-order chi connectivity index (χ1) is 52.1. The normalized spacial score (nSPS) is 13.4. The van der Waals surface area contributed by atoms with Gasteiger partial charge in [0, 0.05) is 10.8 Å². The maximum absolute atomic E-state index is 2.49. The molecule has 0 atom stereocenters.